The second kappa shape index (κ2) is 5.03. The van der Waals surface area contributed by atoms with Gasteiger partial charge in [0.25, 0.3) is 0 Å². The summed E-state index contributed by atoms with van der Waals surface area (Å²) in [5.41, 5.74) is 1.83. The lowest BCUT2D eigenvalue weighted by Crippen LogP contribution is -2.32. The summed E-state index contributed by atoms with van der Waals surface area (Å²) in [4.78, 5) is 18.2. The van der Waals surface area contributed by atoms with E-state index < -0.39 is 0 Å². The number of hydrogen-bond acceptors (Lipinski definition) is 5. The van der Waals surface area contributed by atoms with Crippen molar-refractivity contribution in [2.75, 3.05) is 20.4 Å². The largest absolute Gasteiger partial charge is 0.454 e. The molecule has 0 saturated heterocycles. The van der Waals surface area contributed by atoms with E-state index in [0.29, 0.717) is 13.0 Å². The molecule has 20 heavy (non-hydrogen) atoms. The van der Waals surface area contributed by atoms with Crippen LogP contribution in [0.15, 0.2) is 23.4 Å². The highest BCUT2D eigenvalue weighted by Crippen LogP contribution is 2.33. The molecule has 0 spiro atoms. The molecule has 0 saturated carbocycles. The molecular formula is C14H16N2O4. The van der Waals surface area contributed by atoms with E-state index in [1.807, 2.05) is 18.2 Å². The average molecular weight is 276 g/mol. The van der Waals surface area contributed by atoms with Crippen molar-refractivity contribution in [3.63, 3.8) is 0 Å². The van der Waals surface area contributed by atoms with Gasteiger partial charge < -0.3 is 19.2 Å². The van der Waals surface area contributed by atoms with Crippen molar-refractivity contribution < 1.29 is 19.1 Å². The summed E-state index contributed by atoms with van der Waals surface area (Å²) in [6.45, 7) is 2.33. The minimum Gasteiger partial charge on any atom is -0.454 e. The zero-order chi connectivity index (χ0) is 14.1. The first-order valence-electron chi connectivity index (χ1n) is 6.48. The molecular weight excluding hydrogens is 260 g/mol. The van der Waals surface area contributed by atoms with Gasteiger partial charge in [0, 0.05) is 26.0 Å². The molecule has 1 aromatic carbocycles. The van der Waals surface area contributed by atoms with Gasteiger partial charge in [-0.15, -0.1) is 0 Å². The fourth-order valence-corrected chi connectivity index (χ4v) is 2.21. The number of benzene rings is 1. The molecule has 3 rings (SSSR count). The third-order valence-corrected chi connectivity index (χ3v) is 3.45. The number of hydrogen-bond donors (Lipinski definition) is 0. The quantitative estimate of drug-likeness (QED) is 0.837. The van der Waals surface area contributed by atoms with Crippen LogP contribution in [0.4, 0.5) is 0 Å². The molecule has 2 aliphatic heterocycles. The highest BCUT2D eigenvalue weighted by atomic mass is 16.7. The Labute approximate surface area is 116 Å². The maximum atomic E-state index is 11.2. The van der Waals surface area contributed by atoms with E-state index in [0.717, 1.165) is 22.8 Å². The molecule has 0 aromatic heterocycles. The third kappa shape index (κ3) is 2.41. The highest BCUT2D eigenvalue weighted by molar-refractivity contribution is 6.01. The maximum absolute atomic E-state index is 11.2. The standard InChI is InChI=1S/C14H16N2O4/c1-9(17)16(2)7-11-6-12(15-20-11)10-3-4-13-14(5-10)19-8-18-13/h3-5,11H,6-8H2,1-2H3. The second-order valence-electron chi connectivity index (χ2n) is 4.94. The zero-order valence-electron chi connectivity index (χ0n) is 11.5. The van der Waals surface area contributed by atoms with Crippen molar-refractivity contribution in [3.05, 3.63) is 23.8 Å². The van der Waals surface area contributed by atoms with Crippen LogP contribution in [0.3, 0.4) is 0 Å². The summed E-state index contributed by atoms with van der Waals surface area (Å²) in [5, 5.41) is 4.11. The van der Waals surface area contributed by atoms with Gasteiger partial charge in [-0.2, -0.15) is 0 Å². The van der Waals surface area contributed by atoms with Crippen LogP contribution in [0.25, 0.3) is 0 Å². The molecule has 1 aromatic rings. The van der Waals surface area contributed by atoms with E-state index >= 15 is 0 Å². The predicted molar refractivity (Wildman–Crippen MR) is 71.9 cm³/mol. The summed E-state index contributed by atoms with van der Waals surface area (Å²) < 4.78 is 10.6. The fraction of sp³-hybridized carbons (Fsp3) is 0.429. The molecule has 0 fully saturated rings. The molecule has 0 aliphatic carbocycles. The summed E-state index contributed by atoms with van der Waals surface area (Å²) >= 11 is 0. The van der Waals surface area contributed by atoms with Crippen molar-refractivity contribution in [1.82, 2.24) is 4.90 Å². The SMILES string of the molecule is CC(=O)N(C)CC1CC(c2ccc3c(c2)OCO3)=NO1. The van der Waals surface area contributed by atoms with Gasteiger partial charge in [-0.1, -0.05) is 5.16 Å². The van der Waals surface area contributed by atoms with Crippen LogP contribution in [-0.4, -0.2) is 43.0 Å². The van der Waals surface area contributed by atoms with E-state index in [2.05, 4.69) is 5.16 Å². The third-order valence-electron chi connectivity index (χ3n) is 3.45. The van der Waals surface area contributed by atoms with Crippen LogP contribution < -0.4 is 9.47 Å². The van der Waals surface area contributed by atoms with E-state index in [1.54, 1.807) is 11.9 Å². The molecule has 6 heteroatoms. The Balaban J connectivity index is 1.66. The van der Waals surface area contributed by atoms with E-state index in [-0.39, 0.29) is 18.8 Å². The monoisotopic (exact) mass is 276 g/mol. The van der Waals surface area contributed by atoms with Crippen LogP contribution >= 0.6 is 0 Å². The first-order valence-corrected chi connectivity index (χ1v) is 6.48. The summed E-state index contributed by atoms with van der Waals surface area (Å²) in [5.74, 6) is 1.50. The molecule has 2 heterocycles. The Hall–Kier alpha value is -2.24. The lowest BCUT2D eigenvalue weighted by molar-refractivity contribution is -0.129. The highest BCUT2D eigenvalue weighted by Gasteiger charge is 2.25. The van der Waals surface area contributed by atoms with Gasteiger partial charge in [0.1, 0.15) is 0 Å². The Morgan fingerprint density at radius 3 is 3.00 bits per heavy atom. The number of carbonyl (C=O) groups is 1. The first kappa shape index (κ1) is 12.8. The average Bonchev–Trinajstić information content (AvgIpc) is 3.05. The van der Waals surface area contributed by atoms with Crippen molar-refractivity contribution in [1.29, 1.82) is 0 Å². The molecule has 0 bridgehead atoms. The summed E-state index contributed by atoms with van der Waals surface area (Å²) in [6, 6.07) is 5.71. The molecule has 0 radical (unpaired) electrons. The van der Waals surface area contributed by atoms with E-state index in [1.165, 1.54) is 6.92 Å². The van der Waals surface area contributed by atoms with E-state index in [4.69, 9.17) is 14.3 Å². The number of fused-ring (bicyclic) bond motifs is 1. The number of likely N-dealkylation sites (N-methyl/N-ethyl adjacent to an activating group) is 1. The summed E-state index contributed by atoms with van der Waals surface area (Å²) in [7, 11) is 1.75. The lowest BCUT2D eigenvalue weighted by atomic mass is 10.0. The Morgan fingerprint density at radius 1 is 1.40 bits per heavy atom. The van der Waals surface area contributed by atoms with Gasteiger partial charge in [0.05, 0.1) is 12.3 Å². The second-order valence-corrected chi connectivity index (χ2v) is 4.94. The van der Waals surface area contributed by atoms with Crippen molar-refractivity contribution in [2.45, 2.75) is 19.4 Å². The normalized spacial score (nSPS) is 19.5. The summed E-state index contributed by atoms with van der Waals surface area (Å²) in [6.07, 6.45) is 0.585. The Morgan fingerprint density at radius 2 is 2.20 bits per heavy atom. The van der Waals surface area contributed by atoms with Crippen molar-refractivity contribution in [2.24, 2.45) is 5.16 Å². The van der Waals surface area contributed by atoms with Gasteiger partial charge in [-0.3, -0.25) is 4.79 Å². The van der Waals surface area contributed by atoms with Gasteiger partial charge in [0.15, 0.2) is 17.6 Å². The number of oxime groups is 1. The Kier molecular flexibility index (Phi) is 3.22. The van der Waals surface area contributed by atoms with Crippen LogP contribution in [0.5, 0.6) is 11.5 Å². The smallest absolute Gasteiger partial charge is 0.231 e. The van der Waals surface area contributed by atoms with Crippen LogP contribution in [0.1, 0.15) is 18.9 Å². The van der Waals surface area contributed by atoms with Crippen molar-refractivity contribution >= 4 is 11.6 Å². The molecule has 106 valence electrons. The van der Waals surface area contributed by atoms with E-state index in [9.17, 15) is 4.79 Å². The van der Waals surface area contributed by atoms with Crippen molar-refractivity contribution in [3.8, 4) is 11.5 Å². The molecule has 1 amide bonds. The lowest BCUT2D eigenvalue weighted by Gasteiger charge is -2.17. The van der Waals surface area contributed by atoms with Gasteiger partial charge in [-0.25, -0.2) is 0 Å². The molecule has 6 nitrogen and oxygen atoms in total. The van der Waals surface area contributed by atoms with Crippen LogP contribution in [0, 0.1) is 0 Å². The minimum atomic E-state index is -0.0932. The number of ether oxygens (including phenoxy) is 2. The first-order chi connectivity index (χ1) is 9.63. The molecule has 1 unspecified atom stereocenters. The molecule has 0 N–H and O–H groups in total. The number of amides is 1. The predicted octanol–water partition coefficient (Wildman–Crippen LogP) is 1.39. The fourth-order valence-electron chi connectivity index (χ4n) is 2.21. The number of rotatable bonds is 3. The molecule has 2 aliphatic rings. The molecule has 1 atom stereocenters. The topological polar surface area (TPSA) is 60.4 Å². The minimum absolute atomic E-state index is 0.0186. The maximum Gasteiger partial charge on any atom is 0.231 e. The number of carbonyl (C=O) groups excluding carboxylic acids is 1. The van der Waals surface area contributed by atoms with Gasteiger partial charge in [0.2, 0.25) is 12.7 Å². The van der Waals surface area contributed by atoms with Gasteiger partial charge in [-0.05, 0) is 18.2 Å². The Bertz CT molecular complexity index is 570. The zero-order valence-corrected chi connectivity index (χ0v) is 11.5. The number of nitrogens with zero attached hydrogens (tertiary/aromatic N) is 2. The van der Waals surface area contributed by atoms with Crippen LogP contribution in [-0.2, 0) is 9.63 Å². The van der Waals surface area contributed by atoms with Gasteiger partial charge >= 0.3 is 0 Å². The van der Waals surface area contributed by atoms with Crippen LogP contribution in [0.2, 0.25) is 0 Å².